The molecule has 0 radical (unpaired) electrons. The standard InChI is InChI=1S/C19H25FN4O3/c1-13(2)24-18(26)11-23(19(24)27)12-21-6-8-22(9-7-21)17-5-4-15(14(3)25)10-16(17)20/h4-5,10,13H,6-9,11-12H2,1-3H3. The van der Waals surface area contributed by atoms with Gasteiger partial charge in [0.15, 0.2) is 5.78 Å². The average molecular weight is 376 g/mol. The molecule has 3 amide bonds. The van der Waals surface area contributed by atoms with Gasteiger partial charge >= 0.3 is 6.03 Å². The van der Waals surface area contributed by atoms with Crippen molar-refractivity contribution in [3.8, 4) is 0 Å². The van der Waals surface area contributed by atoms with Gasteiger partial charge in [0, 0.05) is 37.8 Å². The minimum Gasteiger partial charge on any atom is -0.367 e. The summed E-state index contributed by atoms with van der Waals surface area (Å²) in [7, 11) is 0. The highest BCUT2D eigenvalue weighted by Crippen LogP contribution is 2.23. The van der Waals surface area contributed by atoms with Crippen molar-refractivity contribution in [2.75, 3.05) is 44.3 Å². The summed E-state index contributed by atoms with van der Waals surface area (Å²) >= 11 is 0. The van der Waals surface area contributed by atoms with Crippen molar-refractivity contribution in [2.24, 2.45) is 0 Å². The van der Waals surface area contributed by atoms with E-state index in [1.807, 2.05) is 18.7 Å². The lowest BCUT2D eigenvalue weighted by atomic mass is 10.1. The summed E-state index contributed by atoms with van der Waals surface area (Å²) in [5.41, 5.74) is 0.847. The molecule has 2 aliphatic heterocycles. The molecule has 2 aliphatic rings. The van der Waals surface area contributed by atoms with Gasteiger partial charge in [-0.15, -0.1) is 0 Å². The number of amides is 3. The number of benzene rings is 1. The molecule has 1 aromatic carbocycles. The highest BCUT2D eigenvalue weighted by Gasteiger charge is 2.38. The Morgan fingerprint density at radius 3 is 2.33 bits per heavy atom. The predicted molar refractivity (Wildman–Crippen MR) is 99.1 cm³/mol. The molecule has 8 heteroatoms. The first kappa shape index (κ1) is 19.3. The van der Waals surface area contributed by atoms with E-state index in [9.17, 15) is 18.8 Å². The number of imide groups is 1. The van der Waals surface area contributed by atoms with E-state index >= 15 is 0 Å². The number of ketones is 1. The number of piperazine rings is 1. The van der Waals surface area contributed by atoms with Crippen LogP contribution in [0.15, 0.2) is 18.2 Å². The quantitative estimate of drug-likeness (QED) is 0.579. The van der Waals surface area contributed by atoms with Crippen molar-refractivity contribution in [1.82, 2.24) is 14.7 Å². The first-order chi connectivity index (χ1) is 12.8. The second-order valence-electron chi connectivity index (χ2n) is 7.31. The van der Waals surface area contributed by atoms with Crippen LogP contribution in [0.1, 0.15) is 31.1 Å². The Morgan fingerprint density at radius 2 is 1.81 bits per heavy atom. The number of carbonyl (C=O) groups is 3. The summed E-state index contributed by atoms with van der Waals surface area (Å²) in [4.78, 5) is 42.6. The number of hydrogen-bond acceptors (Lipinski definition) is 5. The van der Waals surface area contributed by atoms with Gasteiger partial charge < -0.3 is 9.80 Å². The fourth-order valence-corrected chi connectivity index (χ4v) is 3.54. The molecule has 2 fully saturated rings. The molecule has 3 rings (SSSR count). The lowest BCUT2D eigenvalue weighted by Crippen LogP contribution is -2.51. The molecule has 0 N–H and O–H groups in total. The minimum atomic E-state index is -0.399. The Labute approximate surface area is 158 Å². The van der Waals surface area contributed by atoms with E-state index in [1.165, 1.54) is 17.9 Å². The number of Topliss-reactive ketones (excluding diaryl/α,β-unsaturated/α-hetero) is 1. The van der Waals surface area contributed by atoms with Gasteiger partial charge in [0.1, 0.15) is 12.4 Å². The van der Waals surface area contributed by atoms with Crippen LogP contribution in [0.2, 0.25) is 0 Å². The lowest BCUT2D eigenvalue weighted by molar-refractivity contribution is -0.126. The smallest absolute Gasteiger partial charge is 0.328 e. The maximum Gasteiger partial charge on any atom is 0.328 e. The fourth-order valence-electron chi connectivity index (χ4n) is 3.54. The number of rotatable bonds is 5. The molecule has 0 spiro atoms. The van der Waals surface area contributed by atoms with Crippen LogP contribution in [0.5, 0.6) is 0 Å². The van der Waals surface area contributed by atoms with Crippen molar-refractivity contribution >= 4 is 23.4 Å². The molecule has 7 nitrogen and oxygen atoms in total. The molecule has 146 valence electrons. The molecule has 0 atom stereocenters. The molecule has 0 unspecified atom stereocenters. The van der Waals surface area contributed by atoms with Crippen LogP contribution in [-0.2, 0) is 4.79 Å². The van der Waals surface area contributed by atoms with E-state index in [1.54, 1.807) is 17.0 Å². The third kappa shape index (κ3) is 3.95. The van der Waals surface area contributed by atoms with E-state index in [0.29, 0.717) is 44.1 Å². The summed E-state index contributed by atoms with van der Waals surface area (Å²) in [5, 5.41) is 0. The van der Waals surface area contributed by atoms with Gasteiger partial charge in [0.25, 0.3) is 5.91 Å². The van der Waals surface area contributed by atoms with Crippen molar-refractivity contribution < 1.29 is 18.8 Å². The summed E-state index contributed by atoms with van der Waals surface area (Å²) in [5.74, 6) is -0.726. The summed E-state index contributed by atoms with van der Waals surface area (Å²) in [6.45, 7) is 8.11. The number of hydrogen-bond donors (Lipinski definition) is 0. The van der Waals surface area contributed by atoms with Crippen LogP contribution in [0, 0.1) is 5.82 Å². The average Bonchev–Trinajstić information content (AvgIpc) is 2.89. The lowest BCUT2D eigenvalue weighted by Gasteiger charge is -2.37. The van der Waals surface area contributed by atoms with Gasteiger partial charge in [-0.2, -0.15) is 0 Å². The maximum atomic E-state index is 14.3. The number of urea groups is 1. The van der Waals surface area contributed by atoms with Gasteiger partial charge in [-0.1, -0.05) is 0 Å². The van der Waals surface area contributed by atoms with Crippen molar-refractivity contribution in [3.63, 3.8) is 0 Å². The first-order valence-corrected chi connectivity index (χ1v) is 9.16. The van der Waals surface area contributed by atoms with E-state index in [4.69, 9.17) is 0 Å². The topological polar surface area (TPSA) is 64.2 Å². The molecular formula is C19H25FN4O3. The molecule has 0 bridgehead atoms. The Kier molecular flexibility index (Phi) is 5.46. The van der Waals surface area contributed by atoms with Crippen molar-refractivity contribution in [2.45, 2.75) is 26.8 Å². The predicted octanol–water partition coefficient (Wildman–Crippen LogP) is 1.78. The second kappa shape index (κ2) is 7.64. The van der Waals surface area contributed by atoms with Crippen LogP contribution < -0.4 is 4.90 Å². The van der Waals surface area contributed by atoms with Crippen LogP contribution >= 0.6 is 0 Å². The molecule has 0 aromatic heterocycles. The van der Waals surface area contributed by atoms with E-state index in [-0.39, 0.29) is 30.3 Å². The zero-order valence-corrected chi connectivity index (χ0v) is 15.9. The Bertz CT molecular complexity index is 759. The van der Waals surface area contributed by atoms with Crippen LogP contribution in [-0.4, -0.2) is 77.9 Å². The van der Waals surface area contributed by atoms with Crippen molar-refractivity contribution in [3.05, 3.63) is 29.6 Å². The number of carbonyl (C=O) groups excluding carboxylic acids is 3. The molecule has 2 saturated heterocycles. The molecule has 0 aliphatic carbocycles. The number of halogens is 1. The zero-order valence-electron chi connectivity index (χ0n) is 15.9. The number of anilines is 1. The highest BCUT2D eigenvalue weighted by atomic mass is 19.1. The minimum absolute atomic E-state index is 0.109. The second-order valence-corrected chi connectivity index (χ2v) is 7.31. The third-order valence-corrected chi connectivity index (χ3v) is 5.03. The summed E-state index contributed by atoms with van der Waals surface area (Å²) in [6.07, 6.45) is 0. The van der Waals surface area contributed by atoms with Gasteiger partial charge in [0.05, 0.1) is 12.4 Å². The normalized spacial score (nSPS) is 18.8. The molecule has 27 heavy (non-hydrogen) atoms. The first-order valence-electron chi connectivity index (χ1n) is 9.16. The zero-order chi connectivity index (χ0) is 19.7. The van der Waals surface area contributed by atoms with Crippen molar-refractivity contribution in [1.29, 1.82) is 0 Å². The van der Waals surface area contributed by atoms with Crippen LogP contribution in [0.3, 0.4) is 0 Å². The SMILES string of the molecule is CC(=O)c1ccc(N2CCN(CN3CC(=O)N(C(C)C)C3=O)CC2)c(F)c1. The largest absolute Gasteiger partial charge is 0.367 e. The van der Waals surface area contributed by atoms with Crippen LogP contribution in [0.4, 0.5) is 14.9 Å². The molecular weight excluding hydrogens is 351 g/mol. The van der Waals surface area contributed by atoms with Crippen LogP contribution in [0.25, 0.3) is 0 Å². The Balaban J connectivity index is 1.58. The summed E-state index contributed by atoms with van der Waals surface area (Å²) in [6, 6.07) is 4.17. The monoisotopic (exact) mass is 376 g/mol. The number of nitrogens with zero attached hydrogens (tertiary/aromatic N) is 4. The van der Waals surface area contributed by atoms with E-state index in [2.05, 4.69) is 4.90 Å². The van der Waals surface area contributed by atoms with Gasteiger partial charge in [-0.25, -0.2) is 9.18 Å². The third-order valence-electron chi connectivity index (χ3n) is 5.03. The highest BCUT2D eigenvalue weighted by molar-refractivity contribution is 6.02. The van der Waals surface area contributed by atoms with E-state index < -0.39 is 5.82 Å². The Hall–Kier alpha value is -2.48. The Morgan fingerprint density at radius 1 is 1.15 bits per heavy atom. The summed E-state index contributed by atoms with van der Waals surface area (Å²) < 4.78 is 14.3. The van der Waals surface area contributed by atoms with E-state index in [0.717, 1.165) is 0 Å². The van der Waals surface area contributed by atoms with Gasteiger partial charge in [-0.3, -0.25) is 19.4 Å². The molecule has 0 saturated carbocycles. The molecule has 1 aromatic rings. The molecule has 2 heterocycles. The van der Waals surface area contributed by atoms with Gasteiger partial charge in [0.2, 0.25) is 0 Å². The maximum absolute atomic E-state index is 14.3. The fraction of sp³-hybridized carbons (Fsp3) is 0.526. The van der Waals surface area contributed by atoms with Gasteiger partial charge in [-0.05, 0) is 39.0 Å².